The van der Waals surface area contributed by atoms with Gasteiger partial charge in [0.1, 0.15) is 5.76 Å². The monoisotopic (exact) mass is 689 g/mol. The minimum absolute atomic E-state index is 0. The van der Waals surface area contributed by atoms with Crippen molar-refractivity contribution >= 4 is 16.7 Å². The third-order valence-corrected chi connectivity index (χ3v) is 8.21. The number of carbonyl (C=O) groups is 1. The Morgan fingerprint density at radius 2 is 1.58 bits per heavy atom. The van der Waals surface area contributed by atoms with Gasteiger partial charge in [0.25, 0.3) is 0 Å². The van der Waals surface area contributed by atoms with Crippen LogP contribution >= 0.6 is 0 Å². The van der Waals surface area contributed by atoms with E-state index in [0.717, 1.165) is 53.6 Å². The van der Waals surface area contributed by atoms with E-state index in [2.05, 4.69) is 76.2 Å². The van der Waals surface area contributed by atoms with Crippen LogP contribution in [0.3, 0.4) is 0 Å². The van der Waals surface area contributed by atoms with Gasteiger partial charge in [0.15, 0.2) is 5.78 Å². The van der Waals surface area contributed by atoms with Crippen molar-refractivity contribution in [1.82, 2.24) is 4.98 Å². The summed E-state index contributed by atoms with van der Waals surface area (Å²) in [4.78, 5) is 17.2. The van der Waals surface area contributed by atoms with E-state index in [9.17, 15) is 9.90 Å². The molecule has 3 nitrogen and oxygen atoms in total. The van der Waals surface area contributed by atoms with Crippen LogP contribution < -0.4 is 0 Å². The van der Waals surface area contributed by atoms with Gasteiger partial charge >= 0.3 is 0 Å². The Morgan fingerprint density at radius 1 is 0.947 bits per heavy atom. The minimum Gasteiger partial charge on any atom is -0.511 e. The van der Waals surface area contributed by atoms with Crippen LogP contribution in [-0.4, -0.2) is 15.9 Å². The molecule has 1 saturated carbocycles. The SMILES string of the molecule is CC1(C)CCC2CCC(C)(C)C(O)=C2C1=O.Cc1[c-]c(-c2ccc3ccc(C(C)C)cc3n2)cc(C)c1.[Ir]. The van der Waals surface area contributed by atoms with Gasteiger partial charge in [0.2, 0.25) is 0 Å². The summed E-state index contributed by atoms with van der Waals surface area (Å²) in [6.45, 7) is 16.7. The number of Topliss-reactive ketones (excluding diaryl/α,β-unsaturated/α-hetero) is 1. The van der Waals surface area contributed by atoms with E-state index >= 15 is 0 Å². The number of hydrogen-bond donors (Lipinski definition) is 1. The second-order valence-corrected chi connectivity index (χ2v) is 12.7. The summed E-state index contributed by atoms with van der Waals surface area (Å²) in [5.41, 5.74) is 7.11. The van der Waals surface area contributed by atoms with Crippen molar-refractivity contribution in [3.05, 3.63) is 76.6 Å². The van der Waals surface area contributed by atoms with Crippen LogP contribution in [0.5, 0.6) is 0 Å². The Kier molecular flexibility index (Phi) is 9.11. The van der Waals surface area contributed by atoms with E-state index in [1.54, 1.807) is 0 Å². The largest absolute Gasteiger partial charge is 0.511 e. The number of ketones is 1. The summed E-state index contributed by atoms with van der Waals surface area (Å²) in [7, 11) is 0. The van der Waals surface area contributed by atoms with E-state index in [0.29, 0.717) is 17.6 Å². The number of fused-ring (bicyclic) bond motifs is 2. The number of pyridine rings is 1. The van der Waals surface area contributed by atoms with Crippen molar-refractivity contribution in [3.8, 4) is 11.3 Å². The Labute approximate surface area is 242 Å². The molecule has 3 aromatic rings. The number of aryl methyl sites for hydroxylation is 2. The van der Waals surface area contributed by atoms with Crippen molar-refractivity contribution in [2.24, 2.45) is 16.7 Å². The molecule has 1 aromatic heterocycles. The Morgan fingerprint density at radius 3 is 2.21 bits per heavy atom. The molecule has 0 saturated heterocycles. The fourth-order valence-electron chi connectivity index (χ4n) is 5.63. The zero-order valence-electron chi connectivity index (χ0n) is 24.2. The van der Waals surface area contributed by atoms with Crippen LogP contribution in [0.15, 0.2) is 53.8 Å². The molecule has 1 radical (unpaired) electrons. The molecular formula is C34H42IrNO2-. The summed E-state index contributed by atoms with van der Waals surface area (Å²) < 4.78 is 0. The maximum atomic E-state index is 12.4. The molecule has 1 atom stereocenters. The summed E-state index contributed by atoms with van der Waals surface area (Å²) in [5.74, 6) is 1.37. The number of nitrogens with zero attached hydrogens (tertiary/aromatic N) is 1. The predicted octanol–water partition coefficient (Wildman–Crippen LogP) is 9.06. The van der Waals surface area contributed by atoms with Crippen LogP contribution in [0.2, 0.25) is 0 Å². The summed E-state index contributed by atoms with van der Waals surface area (Å²) >= 11 is 0. The van der Waals surface area contributed by atoms with Gasteiger partial charge in [0.05, 0.1) is 5.52 Å². The molecule has 38 heavy (non-hydrogen) atoms. The maximum Gasteiger partial charge on any atom is 0.168 e. The fraction of sp³-hybridized carbons (Fsp3) is 0.471. The van der Waals surface area contributed by atoms with Crippen molar-refractivity contribution < 1.29 is 30.0 Å². The second-order valence-electron chi connectivity index (χ2n) is 12.7. The van der Waals surface area contributed by atoms with Crippen LogP contribution in [-0.2, 0) is 24.9 Å². The second kappa shape index (κ2) is 11.4. The van der Waals surface area contributed by atoms with Gasteiger partial charge in [-0.1, -0.05) is 79.7 Å². The van der Waals surface area contributed by atoms with Crippen molar-refractivity contribution in [3.63, 3.8) is 0 Å². The van der Waals surface area contributed by atoms with Crippen LogP contribution in [0, 0.1) is 36.7 Å². The quantitative estimate of drug-likeness (QED) is 0.274. The molecule has 4 heteroatoms. The van der Waals surface area contributed by atoms with Gasteiger partial charge in [-0.3, -0.25) is 9.78 Å². The zero-order chi connectivity index (χ0) is 27.1. The van der Waals surface area contributed by atoms with Gasteiger partial charge in [-0.15, -0.1) is 34.9 Å². The van der Waals surface area contributed by atoms with Crippen LogP contribution in [0.4, 0.5) is 0 Å². The molecule has 0 aliphatic heterocycles. The third kappa shape index (κ3) is 6.29. The van der Waals surface area contributed by atoms with Gasteiger partial charge in [-0.25, -0.2) is 0 Å². The molecule has 1 heterocycles. The van der Waals surface area contributed by atoms with Crippen molar-refractivity contribution in [2.45, 2.75) is 87.0 Å². The molecule has 5 rings (SSSR count). The van der Waals surface area contributed by atoms with Crippen LogP contribution in [0.1, 0.15) is 89.8 Å². The maximum absolute atomic E-state index is 12.4. The number of hydrogen-bond acceptors (Lipinski definition) is 3. The first kappa shape index (κ1) is 30.3. The Balaban J connectivity index is 0.000000213. The Bertz CT molecular complexity index is 1350. The predicted molar refractivity (Wildman–Crippen MR) is 154 cm³/mol. The smallest absolute Gasteiger partial charge is 0.168 e. The topological polar surface area (TPSA) is 50.2 Å². The molecule has 205 valence electrons. The molecule has 1 fully saturated rings. The number of aliphatic hydroxyl groups excluding tert-OH is 1. The first-order chi connectivity index (χ1) is 17.3. The minimum atomic E-state index is -0.284. The van der Waals surface area contributed by atoms with E-state index in [4.69, 9.17) is 4.98 Å². The fourth-order valence-corrected chi connectivity index (χ4v) is 5.63. The number of carbonyl (C=O) groups excluding carboxylic acids is 1. The average molecular weight is 689 g/mol. The van der Waals surface area contributed by atoms with E-state index < -0.39 is 0 Å². The molecular weight excluding hydrogens is 647 g/mol. The van der Waals surface area contributed by atoms with Crippen LogP contribution in [0.25, 0.3) is 22.2 Å². The third-order valence-electron chi connectivity index (χ3n) is 8.21. The molecule has 0 bridgehead atoms. The molecule has 0 spiro atoms. The molecule has 2 aliphatic carbocycles. The zero-order valence-corrected chi connectivity index (χ0v) is 26.6. The first-order valence-corrected chi connectivity index (χ1v) is 13.7. The van der Waals surface area contributed by atoms with E-state index in [1.165, 1.54) is 16.5 Å². The number of benzene rings is 2. The molecule has 1 N–H and O–H groups in total. The molecule has 2 aliphatic rings. The van der Waals surface area contributed by atoms with Gasteiger partial charge < -0.3 is 5.11 Å². The normalized spacial score (nSPS) is 19.9. The molecule has 1 unspecified atom stereocenters. The average Bonchev–Trinajstić information content (AvgIpc) is 2.83. The van der Waals surface area contributed by atoms with Gasteiger partial charge in [-0.2, -0.15) is 0 Å². The number of rotatable bonds is 2. The summed E-state index contributed by atoms with van der Waals surface area (Å²) in [6, 6.07) is 18.5. The van der Waals surface area contributed by atoms with E-state index in [-0.39, 0.29) is 36.7 Å². The molecule has 2 aromatic carbocycles. The summed E-state index contributed by atoms with van der Waals surface area (Å²) in [5, 5.41) is 11.5. The van der Waals surface area contributed by atoms with Gasteiger partial charge in [-0.05, 0) is 60.2 Å². The number of aromatic nitrogens is 1. The number of allylic oxidation sites excluding steroid dienone is 2. The number of aliphatic hydroxyl groups is 1. The van der Waals surface area contributed by atoms with Gasteiger partial charge in [0, 0.05) is 36.5 Å². The first-order valence-electron chi connectivity index (χ1n) is 13.7. The summed E-state index contributed by atoms with van der Waals surface area (Å²) in [6.07, 6.45) is 4.04. The van der Waals surface area contributed by atoms with Crippen molar-refractivity contribution in [2.75, 3.05) is 0 Å². The van der Waals surface area contributed by atoms with Crippen molar-refractivity contribution in [1.29, 1.82) is 0 Å². The standard InChI is InChI=1S/C20H20N.C14H22O2.Ir/c1-13(2)17-6-5-16-7-8-19(21-20(16)12-17)18-10-14(3)9-15(4)11-18;1-13(2)7-5-9-6-8-14(3,4)12(16)10(9)11(13)15;/h5-10,12-13H,1-4H3;9,15H,5-8H2,1-4H3;/q-1;;. The van der Waals surface area contributed by atoms with E-state index in [1.807, 2.05) is 27.7 Å². The Hall–Kier alpha value is -2.29. The molecule has 0 amide bonds.